The van der Waals surface area contributed by atoms with Crippen molar-refractivity contribution in [2.24, 2.45) is 5.16 Å². The number of oxime groups is 1. The van der Waals surface area contributed by atoms with Gasteiger partial charge in [-0.25, -0.2) is 4.39 Å². The second-order valence-corrected chi connectivity index (χ2v) is 11.3. The molecule has 12 nitrogen and oxygen atoms in total. The molecular formula is C30H34ClFN2O10. The van der Waals surface area contributed by atoms with Crippen LogP contribution in [0.2, 0.25) is 5.02 Å². The summed E-state index contributed by atoms with van der Waals surface area (Å²) in [6, 6.07) is 9.96. The molecule has 0 bridgehead atoms. The van der Waals surface area contributed by atoms with E-state index in [-0.39, 0.29) is 31.1 Å². The average Bonchev–Trinajstić information content (AvgIpc) is 3.62. The monoisotopic (exact) mass is 636 g/mol. The highest BCUT2D eigenvalue weighted by atomic mass is 35.5. The number of amides is 1. The van der Waals surface area contributed by atoms with Gasteiger partial charge in [-0.05, 0) is 55.3 Å². The van der Waals surface area contributed by atoms with Gasteiger partial charge >= 0.3 is 0 Å². The molecule has 2 heterocycles. The normalized spacial score (nSPS) is 32.3. The molecule has 2 aromatic rings. The summed E-state index contributed by atoms with van der Waals surface area (Å²) in [4.78, 5) is 18.2. The van der Waals surface area contributed by atoms with Crippen LogP contribution in [-0.2, 0) is 30.4 Å². The first-order valence-electron chi connectivity index (χ1n) is 14.0. The number of aliphatic hydroxyl groups excluding tert-OH is 4. The van der Waals surface area contributed by atoms with Crippen LogP contribution in [0.15, 0.2) is 53.2 Å². The number of hydrogen-bond acceptors (Lipinski definition) is 11. The molecule has 44 heavy (non-hydrogen) atoms. The Morgan fingerprint density at radius 3 is 2.57 bits per heavy atom. The van der Waals surface area contributed by atoms with Gasteiger partial charge in [-0.1, -0.05) is 35.0 Å². The highest BCUT2D eigenvalue weighted by Crippen LogP contribution is 2.31. The van der Waals surface area contributed by atoms with Gasteiger partial charge in [0.2, 0.25) is 12.2 Å². The van der Waals surface area contributed by atoms with Crippen molar-refractivity contribution in [3.63, 3.8) is 0 Å². The predicted molar refractivity (Wildman–Crippen MR) is 154 cm³/mol. The van der Waals surface area contributed by atoms with Crippen LogP contribution < -0.4 is 10.1 Å². The predicted octanol–water partition coefficient (Wildman–Crippen LogP) is 1.65. The van der Waals surface area contributed by atoms with Crippen LogP contribution in [0.4, 0.5) is 4.39 Å². The number of rotatable bonds is 9. The first-order chi connectivity index (χ1) is 21.0. The maximum atomic E-state index is 15.0. The van der Waals surface area contributed by atoms with Gasteiger partial charge in [0.1, 0.15) is 50.0 Å². The molecule has 1 unspecified atom stereocenters. The van der Waals surface area contributed by atoms with Crippen molar-refractivity contribution >= 4 is 29.3 Å². The summed E-state index contributed by atoms with van der Waals surface area (Å²) in [5.41, 5.74) is 1.69. The van der Waals surface area contributed by atoms with E-state index in [0.29, 0.717) is 16.3 Å². The lowest BCUT2D eigenvalue weighted by Crippen LogP contribution is -2.67. The van der Waals surface area contributed by atoms with Crippen molar-refractivity contribution in [3.05, 3.63) is 70.0 Å². The lowest BCUT2D eigenvalue weighted by molar-refractivity contribution is -0.155. The first kappa shape index (κ1) is 32.3. The molecule has 14 heteroatoms. The molecule has 1 saturated carbocycles. The maximum Gasteiger partial charge on any atom is 0.247 e. The van der Waals surface area contributed by atoms with E-state index >= 15 is 0 Å². The summed E-state index contributed by atoms with van der Waals surface area (Å²) in [6.45, 7) is 3.14. The lowest BCUT2D eigenvalue weighted by atomic mass is 9.83. The van der Waals surface area contributed by atoms with Gasteiger partial charge in [0.15, 0.2) is 11.6 Å². The smallest absolute Gasteiger partial charge is 0.247 e. The minimum Gasteiger partial charge on any atom is -0.462 e. The third-order valence-corrected chi connectivity index (χ3v) is 7.91. The highest BCUT2D eigenvalue weighted by Gasteiger charge is 2.53. The first-order valence-corrected chi connectivity index (χ1v) is 14.4. The molecule has 0 aromatic heterocycles. The molecule has 3 aliphatic rings. The Morgan fingerprint density at radius 2 is 1.84 bits per heavy atom. The Kier molecular flexibility index (Phi) is 10.2. The zero-order valence-corrected chi connectivity index (χ0v) is 24.6. The highest BCUT2D eigenvalue weighted by molar-refractivity contribution is 6.30. The molecule has 3 fully saturated rings. The van der Waals surface area contributed by atoms with Crippen LogP contribution in [0.25, 0.3) is 6.08 Å². The third kappa shape index (κ3) is 7.22. The zero-order valence-electron chi connectivity index (χ0n) is 23.9. The molecule has 2 saturated heterocycles. The molecule has 0 radical (unpaired) electrons. The Bertz CT molecular complexity index is 1410. The number of carbonyl (C=O) groups is 1. The molecule has 9 atom stereocenters. The Labute approximate surface area is 257 Å². The van der Waals surface area contributed by atoms with E-state index < -0.39 is 66.8 Å². The molecule has 1 amide bonds. The minimum absolute atomic E-state index is 0.0680. The fraction of sp³-hybridized carbons (Fsp3) is 0.467. The Balaban J connectivity index is 1.15. The van der Waals surface area contributed by atoms with Gasteiger partial charge in [0, 0.05) is 17.0 Å². The molecule has 238 valence electrons. The molecule has 1 aliphatic carbocycles. The number of aliphatic hydroxyl groups is 4. The third-order valence-electron chi connectivity index (χ3n) is 7.68. The van der Waals surface area contributed by atoms with Crippen LogP contribution in [-0.4, -0.2) is 93.9 Å². The molecule has 2 aliphatic heterocycles. The summed E-state index contributed by atoms with van der Waals surface area (Å²) in [7, 11) is 0. The SMILES string of the molecule is CC(=Cc1ccc(O[C@H]2C[C@H](O)[C@@H](C(C)=NOCc3cccc(Cl)c3)O2)c(F)c1)C(=O)NC1[C@@H](O)[C@@H]2OCO[C@@H]2[C@H](O)[C@H]1O. The average molecular weight is 637 g/mol. The van der Waals surface area contributed by atoms with E-state index in [1.54, 1.807) is 25.1 Å². The van der Waals surface area contributed by atoms with Crippen molar-refractivity contribution in [2.45, 2.75) is 81.9 Å². The van der Waals surface area contributed by atoms with Gasteiger partial charge in [-0.2, -0.15) is 0 Å². The summed E-state index contributed by atoms with van der Waals surface area (Å²) in [5.74, 6) is -1.49. The van der Waals surface area contributed by atoms with Crippen molar-refractivity contribution in [3.8, 4) is 5.75 Å². The summed E-state index contributed by atoms with van der Waals surface area (Å²) in [6.07, 6.45) is -7.24. The second-order valence-electron chi connectivity index (χ2n) is 10.9. The Hall–Kier alpha value is -3.14. The number of hydrogen-bond donors (Lipinski definition) is 5. The quantitative estimate of drug-likeness (QED) is 0.155. The van der Waals surface area contributed by atoms with Crippen LogP contribution >= 0.6 is 11.6 Å². The van der Waals surface area contributed by atoms with Crippen molar-refractivity contribution in [1.29, 1.82) is 0 Å². The van der Waals surface area contributed by atoms with Crippen molar-refractivity contribution < 1.29 is 53.4 Å². The van der Waals surface area contributed by atoms with E-state index in [2.05, 4.69) is 10.5 Å². The molecule has 5 N–H and O–H groups in total. The summed E-state index contributed by atoms with van der Waals surface area (Å²) in [5, 5.41) is 48.9. The summed E-state index contributed by atoms with van der Waals surface area (Å²) < 4.78 is 36.9. The van der Waals surface area contributed by atoms with E-state index in [1.165, 1.54) is 25.1 Å². The largest absolute Gasteiger partial charge is 0.462 e. The number of nitrogens with zero attached hydrogens (tertiary/aromatic N) is 1. The topological polar surface area (TPSA) is 169 Å². The van der Waals surface area contributed by atoms with Crippen LogP contribution in [0.1, 0.15) is 31.4 Å². The number of fused-ring (bicyclic) bond motifs is 1. The number of halogens is 2. The van der Waals surface area contributed by atoms with Gasteiger partial charge in [-0.15, -0.1) is 0 Å². The van der Waals surface area contributed by atoms with E-state index in [9.17, 15) is 29.6 Å². The lowest BCUT2D eigenvalue weighted by Gasteiger charge is -2.41. The number of carbonyl (C=O) groups excluding carboxylic acids is 1. The number of nitrogens with one attached hydrogen (secondary N) is 1. The standard InChI is InChI=1S/C30H34ClFN2O10/c1-14(30(39)33-23-24(36)26(38)29-28(25(23)37)40-13-41-29)8-16-6-7-21(19(32)10-16)43-22-11-20(35)27(44-22)15(2)34-42-12-17-4-3-5-18(31)9-17/h3-10,20,22-29,35-38H,11-13H2,1-2H3,(H,33,39)/t20-,22+,23?,24-,25+,26+,27+,28-,29+/m0/s1. The van der Waals surface area contributed by atoms with E-state index in [1.807, 2.05) is 6.07 Å². The molecule has 0 spiro atoms. The number of benzene rings is 2. The maximum absolute atomic E-state index is 15.0. The van der Waals surface area contributed by atoms with Crippen molar-refractivity contribution in [1.82, 2.24) is 5.32 Å². The molecule has 2 aromatic carbocycles. The van der Waals surface area contributed by atoms with Gasteiger partial charge in [0.05, 0.1) is 17.9 Å². The van der Waals surface area contributed by atoms with Gasteiger partial charge < -0.3 is 49.5 Å². The number of ether oxygens (including phenoxy) is 4. The fourth-order valence-corrected chi connectivity index (χ4v) is 5.56. The van der Waals surface area contributed by atoms with Crippen molar-refractivity contribution in [2.75, 3.05) is 6.79 Å². The fourth-order valence-electron chi connectivity index (χ4n) is 5.35. The molecular weight excluding hydrogens is 603 g/mol. The van der Waals surface area contributed by atoms with Crippen LogP contribution in [0, 0.1) is 5.82 Å². The van der Waals surface area contributed by atoms with Crippen LogP contribution in [0.3, 0.4) is 0 Å². The van der Waals surface area contributed by atoms with E-state index in [0.717, 1.165) is 11.6 Å². The molecule has 5 rings (SSSR count). The van der Waals surface area contributed by atoms with Crippen LogP contribution in [0.5, 0.6) is 5.75 Å². The zero-order chi connectivity index (χ0) is 31.5. The second kappa shape index (κ2) is 13.9. The Morgan fingerprint density at radius 1 is 1.09 bits per heavy atom. The van der Waals surface area contributed by atoms with E-state index in [4.69, 9.17) is 35.4 Å². The van der Waals surface area contributed by atoms with Gasteiger partial charge in [0.25, 0.3) is 0 Å². The minimum atomic E-state index is -1.49. The summed E-state index contributed by atoms with van der Waals surface area (Å²) >= 11 is 5.97. The van der Waals surface area contributed by atoms with Gasteiger partial charge in [-0.3, -0.25) is 4.79 Å².